The number of imidazole rings is 1. The van der Waals surface area contributed by atoms with Crippen LogP contribution in [0.3, 0.4) is 0 Å². The number of aromatic carboxylic acids is 1. The van der Waals surface area contributed by atoms with E-state index >= 15 is 0 Å². The van der Waals surface area contributed by atoms with E-state index in [1.54, 1.807) is 25.1 Å². The van der Waals surface area contributed by atoms with Crippen molar-refractivity contribution in [3.8, 4) is 5.69 Å². The van der Waals surface area contributed by atoms with E-state index in [1.807, 2.05) is 0 Å². The lowest BCUT2D eigenvalue weighted by Gasteiger charge is -2.07. The molecule has 0 fully saturated rings. The molecule has 0 bridgehead atoms. The van der Waals surface area contributed by atoms with Gasteiger partial charge in [-0.25, -0.2) is 14.0 Å². The van der Waals surface area contributed by atoms with Gasteiger partial charge in [0.2, 0.25) is 0 Å². The number of carboxylic acid groups (broad SMARTS) is 1. The van der Waals surface area contributed by atoms with Gasteiger partial charge in [-0.2, -0.15) is 0 Å². The summed E-state index contributed by atoms with van der Waals surface area (Å²) in [4.78, 5) is 25.9. The molecule has 0 unspecified atom stereocenters. The number of para-hydroxylation sites is 1. The summed E-state index contributed by atoms with van der Waals surface area (Å²) < 4.78 is 14.7. The van der Waals surface area contributed by atoms with Gasteiger partial charge in [0.1, 0.15) is 5.82 Å². The Bertz CT molecular complexity index is 924. The van der Waals surface area contributed by atoms with Gasteiger partial charge in [0.05, 0.1) is 22.3 Å². The number of H-pyrrole nitrogens is 1. The van der Waals surface area contributed by atoms with Crippen molar-refractivity contribution in [3.63, 3.8) is 0 Å². The van der Waals surface area contributed by atoms with Crippen LogP contribution in [0.25, 0.3) is 16.7 Å². The summed E-state index contributed by atoms with van der Waals surface area (Å²) in [5.41, 5.74) is 1.20. The molecule has 6 heteroatoms. The lowest BCUT2D eigenvalue weighted by Crippen LogP contribution is -2.15. The Labute approximate surface area is 118 Å². The quantitative estimate of drug-likeness (QED) is 0.760. The molecule has 1 heterocycles. The van der Waals surface area contributed by atoms with Crippen molar-refractivity contribution in [3.05, 3.63) is 63.8 Å². The minimum atomic E-state index is -1.13. The summed E-state index contributed by atoms with van der Waals surface area (Å²) in [7, 11) is 0. The van der Waals surface area contributed by atoms with Crippen LogP contribution in [0.5, 0.6) is 0 Å². The van der Waals surface area contributed by atoms with Gasteiger partial charge in [0, 0.05) is 0 Å². The van der Waals surface area contributed by atoms with Crippen molar-refractivity contribution in [2.75, 3.05) is 0 Å². The van der Waals surface area contributed by atoms with Crippen molar-refractivity contribution in [1.82, 2.24) is 9.55 Å². The van der Waals surface area contributed by atoms with Crippen LogP contribution >= 0.6 is 0 Å². The summed E-state index contributed by atoms with van der Waals surface area (Å²) in [6.45, 7) is 1.75. The maximum atomic E-state index is 13.5. The molecule has 0 saturated heterocycles. The topological polar surface area (TPSA) is 75.1 Å². The Morgan fingerprint density at radius 1 is 1.29 bits per heavy atom. The number of fused-ring (bicyclic) bond motifs is 1. The Kier molecular flexibility index (Phi) is 2.86. The Hall–Kier alpha value is -2.89. The number of aryl methyl sites for hydroxylation is 1. The molecule has 0 radical (unpaired) electrons. The first-order valence-electron chi connectivity index (χ1n) is 6.22. The first-order valence-corrected chi connectivity index (χ1v) is 6.22. The van der Waals surface area contributed by atoms with Crippen molar-refractivity contribution in [2.24, 2.45) is 0 Å². The van der Waals surface area contributed by atoms with E-state index in [-0.39, 0.29) is 11.1 Å². The van der Waals surface area contributed by atoms with Gasteiger partial charge in [0.15, 0.2) is 0 Å². The number of halogens is 1. The molecule has 0 aliphatic heterocycles. The summed E-state index contributed by atoms with van der Waals surface area (Å²) in [6.07, 6.45) is 0. The fraction of sp³-hybridized carbons (Fsp3) is 0.0667. The smallest absolute Gasteiger partial charge is 0.337 e. The molecule has 0 spiro atoms. The number of carbonyl (C=O) groups is 1. The number of aromatic nitrogens is 2. The van der Waals surface area contributed by atoms with Crippen LogP contribution in [-0.2, 0) is 0 Å². The zero-order chi connectivity index (χ0) is 15.1. The van der Waals surface area contributed by atoms with Crippen LogP contribution in [0.1, 0.15) is 15.9 Å². The second-order valence-electron chi connectivity index (χ2n) is 4.70. The van der Waals surface area contributed by atoms with Crippen LogP contribution in [0.15, 0.2) is 41.2 Å². The standard InChI is InChI=1S/C15H11FN2O3/c1-8-5-6-9(16)7-12(8)18-11-4-2-3-10(14(19)20)13(11)17-15(18)21/h2-7H,1H3,(H,17,21)(H,19,20). The summed E-state index contributed by atoms with van der Waals surface area (Å²) in [5.74, 6) is -1.60. The molecule has 1 aromatic heterocycles. The first kappa shape index (κ1) is 13.1. The normalized spacial score (nSPS) is 11.0. The van der Waals surface area contributed by atoms with Crippen LogP contribution < -0.4 is 5.69 Å². The predicted molar refractivity (Wildman–Crippen MR) is 75.6 cm³/mol. The highest BCUT2D eigenvalue weighted by atomic mass is 19.1. The lowest BCUT2D eigenvalue weighted by atomic mass is 10.1. The van der Waals surface area contributed by atoms with Crippen molar-refractivity contribution >= 4 is 17.0 Å². The zero-order valence-electron chi connectivity index (χ0n) is 11.1. The number of benzene rings is 2. The summed E-state index contributed by atoms with van der Waals surface area (Å²) >= 11 is 0. The average molecular weight is 286 g/mol. The van der Waals surface area contributed by atoms with E-state index in [9.17, 15) is 14.0 Å². The van der Waals surface area contributed by atoms with Gasteiger partial charge in [0.25, 0.3) is 0 Å². The van der Waals surface area contributed by atoms with Crippen LogP contribution in [-0.4, -0.2) is 20.6 Å². The van der Waals surface area contributed by atoms with Gasteiger partial charge < -0.3 is 10.1 Å². The van der Waals surface area contributed by atoms with E-state index in [0.717, 1.165) is 0 Å². The molecular formula is C15H11FN2O3. The van der Waals surface area contributed by atoms with Crippen LogP contribution in [0, 0.1) is 12.7 Å². The molecular weight excluding hydrogens is 275 g/mol. The third kappa shape index (κ3) is 2.01. The molecule has 3 rings (SSSR count). The number of nitrogens with one attached hydrogen (secondary N) is 1. The highest BCUT2D eigenvalue weighted by Gasteiger charge is 2.16. The molecule has 0 aliphatic carbocycles. The van der Waals surface area contributed by atoms with Gasteiger partial charge in [-0.05, 0) is 36.8 Å². The van der Waals surface area contributed by atoms with E-state index in [0.29, 0.717) is 16.8 Å². The SMILES string of the molecule is Cc1ccc(F)cc1-n1c(=O)[nH]c2c(C(=O)O)cccc21. The molecule has 2 N–H and O–H groups in total. The number of carboxylic acids is 1. The highest BCUT2D eigenvalue weighted by Crippen LogP contribution is 2.21. The predicted octanol–water partition coefficient (Wildman–Crippen LogP) is 2.46. The highest BCUT2D eigenvalue weighted by molar-refractivity contribution is 6.01. The summed E-state index contributed by atoms with van der Waals surface area (Å²) in [5, 5.41) is 9.16. The summed E-state index contributed by atoms with van der Waals surface area (Å²) in [6, 6.07) is 8.69. The Morgan fingerprint density at radius 3 is 2.76 bits per heavy atom. The number of aromatic amines is 1. The molecule has 2 aromatic carbocycles. The maximum absolute atomic E-state index is 13.5. The number of rotatable bonds is 2. The Balaban J connectivity index is 2.42. The Morgan fingerprint density at radius 2 is 2.05 bits per heavy atom. The molecule has 21 heavy (non-hydrogen) atoms. The number of nitrogens with zero attached hydrogens (tertiary/aromatic N) is 1. The van der Waals surface area contributed by atoms with E-state index < -0.39 is 17.5 Å². The van der Waals surface area contributed by atoms with Crippen molar-refractivity contribution in [2.45, 2.75) is 6.92 Å². The van der Waals surface area contributed by atoms with Crippen LogP contribution in [0.2, 0.25) is 0 Å². The van der Waals surface area contributed by atoms with Gasteiger partial charge in [-0.15, -0.1) is 0 Å². The molecule has 106 valence electrons. The second kappa shape index (κ2) is 4.59. The van der Waals surface area contributed by atoms with Gasteiger partial charge in [-0.3, -0.25) is 4.57 Å². The molecule has 0 saturated carbocycles. The van der Waals surface area contributed by atoms with Crippen molar-refractivity contribution in [1.29, 1.82) is 0 Å². The van der Waals surface area contributed by atoms with Gasteiger partial charge >= 0.3 is 11.7 Å². The van der Waals surface area contributed by atoms with Crippen molar-refractivity contribution < 1.29 is 14.3 Å². The minimum Gasteiger partial charge on any atom is -0.478 e. The first-order chi connectivity index (χ1) is 9.99. The molecule has 5 nitrogen and oxygen atoms in total. The fourth-order valence-electron chi connectivity index (χ4n) is 2.37. The lowest BCUT2D eigenvalue weighted by molar-refractivity contribution is 0.0699. The molecule has 3 aromatic rings. The van der Waals surface area contributed by atoms with Crippen LogP contribution in [0.4, 0.5) is 4.39 Å². The van der Waals surface area contributed by atoms with E-state index in [1.165, 1.54) is 22.8 Å². The zero-order valence-corrected chi connectivity index (χ0v) is 11.1. The molecule has 0 amide bonds. The minimum absolute atomic E-state index is 0.00240. The third-order valence-corrected chi connectivity index (χ3v) is 3.36. The monoisotopic (exact) mass is 286 g/mol. The maximum Gasteiger partial charge on any atom is 0.337 e. The van der Waals surface area contributed by atoms with Gasteiger partial charge in [-0.1, -0.05) is 12.1 Å². The number of hydrogen-bond donors (Lipinski definition) is 2. The second-order valence-corrected chi connectivity index (χ2v) is 4.70. The molecule has 0 atom stereocenters. The molecule has 0 aliphatic rings. The van der Waals surface area contributed by atoms with E-state index in [4.69, 9.17) is 5.11 Å². The number of hydrogen-bond acceptors (Lipinski definition) is 2. The largest absolute Gasteiger partial charge is 0.478 e. The third-order valence-electron chi connectivity index (χ3n) is 3.36. The van der Waals surface area contributed by atoms with E-state index in [2.05, 4.69) is 4.98 Å². The average Bonchev–Trinajstić information content (AvgIpc) is 2.77. The fourth-order valence-corrected chi connectivity index (χ4v) is 2.37.